The molecule has 0 radical (unpaired) electrons. The summed E-state index contributed by atoms with van der Waals surface area (Å²) in [4.78, 5) is 8.80. The molecule has 1 heterocycles. The summed E-state index contributed by atoms with van der Waals surface area (Å²) in [6, 6.07) is 2.08. The molecule has 0 spiro atoms. The van der Waals surface area contributed by atoms with Gasteiger partial charge in [0.25, 0.3) is 0 Å². The Kier molecular flexibility index (Phi) is 7.30. The summed E-state index contributed by atoms with van der Waals surface area (Å²) < 4.78 is 10.4. The Labute approximate surface area is 122 Å². The van der Waals surface area contributed by atoms with Gasteiger partial charge in [-0.05, 0) is 25.3 Å². The maximum absolute atomic E-state index is 5.19. The molecule has 1 atom stereocenters. The average Bonchev–Trinajstić information content (AvgIpc) is 2.43. The lowest BCUT2D eigenvalue weighted by Gasteiger charge is -2.20. The Morgan fingerprint density at radius 1 is 1.15 bits per heavy atom. The third-order valence-corrected chi connectivity index (χ3v) is 3.01. The molecule has 0 amide bonds. The Morgan fingerprint density at radius 3 is 2.20 bits per heavy atom. The van der Waals surface area contributed by atoms with E-state index in [1.54, 1.807) is 20.3 Å². The van der Waals surface area contributed by atoms with E-state index in [2.05, 4.69) is 36.1 Å². The van der Waals surface area contributed by atoms with E-state index in [-0.39, 0.29) is 0 Å². The summed E-state index contributed by atoms with van der Waals surface area (Å²) in [5.41, 5.74) is 0. The Hall–Kier alpha value is -1.36. The third-order valence-electron chi connectivity index (χ3n) is 3.01. The fourth-order valence-electron chi connectivity index (χ4n) is 2.13. The van der Waals surface area contributed by atoms with Crippen LogP contribution in [0.15, 0.2) is 6.07 Å². The summed E-state index contributed by atoms with van der Waals surface area (Å²) in [5.74, 6) is 2.49. The molecule has 1 rings (SSSR count). The molecule has 1 aromatic rings. The van der Waals surface area contributed by atoms with Crippen LogP contribution >= 0.6 is 0 Å². The predicted molar refractivity (Wildman–Crippen MR) is 80.4 cm³/mol. The van der Waals surface area contributed by atoms with Crippen LogP contribution in [0.5, 0.6) is 11.8 Å². The van der Waals surface area contributed by atoms with E-state index >= 15 is 0 Å². The maximum atomic E-state index is 5.19. The minimum Gasteiger partial charge on any atom is -0.481 e. The first-order valence-electron chi connectivity index (χ1n) is 7.28. The van der Waals surface area contributed by atoms with E-state index in [1.807, 2.05) is 0 Å². The van der Waals surface area contributed by atoms with Gasteiger partial charge >= 0.3 is 0 Å². The topological polar surface area (TPSA) is 56.3 Å². The number of rotatable bonds is 9. The molecule has 0 saturated heterocycles. The van der Waals surface area contributed by atoms with Crippen molar-refractivity contribution in [2.45, 2.75) is 46.1 Å². The summed E-state index contributed by atoms with van der Waals surface area (Å²) in [6.07, 6.45) is 3.01. The van der Waals surface area contributed by atoms with Crippen LogP contribution in [0.1, 0.15) is 39.4 Å². The van der Waals surface area contributed by atoms with Crippen LogP contribution in [0.25, 0.3) is 0 Å². The molecule has 114 valence electrons. The first-order valence-corrected chi connectivity index (χ1v) is 7.28. The van der Waals surface area contributed by atoms with Gasteiger partial charge in [0, 0.05) is 12.5 Å². The molecule has 0 aliphatic carbocycles. The molecule has 0 fully saturated rings. The van der Waals surface area contributed by atoms with Crippen LogP contribution in [0.4, 0.5) is 0 Å². The second kappa shape index (κ2) is 8.74. The number of hydrogen-bond acceptors (Lipinski definition) is 5. The van der Waals surface area contributed by atoms with Gasteiger partial charge in [-0.3, -0.25) is 0 Å². The highest BCUT2D eigenvalue weighted by molar-refractivity contribution is 5.21. The van der Waals surface area contributed by atoms with Gasteiger partial charge in [0.1, 0.15) is 5.82 Å². The number of nitrogens with one attached hydrogen (secondary N) is 1. The monoisotopic (exact) mass is 281 g/mol. The molecule has 0 bridgehead atoms. The largest absolute Gasteiger partial charge is 0.481 e. The second-order valence-corrected chi connectivity index (χ2v) is 5.35. The molecule has 0 aliphatic rings. The van der Waals surface area contributed by atoms with Gasteiger partial charge in [-0.25, -0.2) is 0 Å². The minimum atomic E-state index is 0.381. The van der Waals surface area contributed by atoms with E-state index in [1.165, 1.54) is 0 Å². The fraction of sp³-hybridized carbons (Fsp3) is 0.733. The van der Waals surface area contributed by atoms with Gasteiger partial charge < -0.3 is 14.8 Å². The van der Waals surface area contributed by atoms with Crippen LogP contribution in [-0.2, 0) is 6.42 Å². The van der Waals surface area contributed by atoms with Crippen molar-refractivity contribution in [1.29, 1.82) is 0 Å². The van der Waals surface area contributed by atoms with Gasteiger partial charge in [0.05, 0.1) is 20.3 Å². The van der Waals surface area contributed by atoms with Crippen molar-refractivity contribution in [3.63, 3.8) is 0 Å². The van der Waals surface area contributed by atoms with Crippen molar-refractivity contribution in [3.05, 3.63) is 11.9 Å². The molecule has 1 aromatic heterocycles. The van der Waals surface area contributed by atoms with Crippen LogP contribution in [0, 0.1) is 5.92 Å². The van der Waals surface area contributed by atoms with Crippen LogP contribution in [-0.4, -0.2) is 36.8 Å². The zero-order chi connectivity index (χ0) is 15.0. The van der Waals surface area contributed by atoms with Crippen molar-refractivity contribution in [3.8, 4) is 11.8 Å². The van der Waals surface area contributed by atoms with Gasteiger partial charge in [-0.1, -0.05) is 20.8 Å². The minimum absolute atomic E-state index is 0.381. The van der Waals surface area contributed by atoms with Crippen LogP contribution < -0.4 is 14.8 Å². The summed E-state index contributed by atoms with van der Waals surface area (Å²) >= 11 is 0. The number of hydrogen-bond donors (Lipinski definition) is 1. The normalized spacial score (nSPS) is 12.5. The van der Waals surface area contributed by atoms with Gasteiger partial charge in [-0.2, -0.15) is 9.97 Å². The second-order valence-electron chi connectivity index (χ2n) is 5.35. The molecule has 0 saturated carbocycles. The number of aromatic nitrogens is 2. The van der Waals surface area contributed by atoms with Crippen molar-refractivity contribution >= 4 is 0 Å². The van der Waals surface area contributed by atoms with Crippen molar-refractivity contribution in [1.82, 2.24) is 15.3 Å². The standard InChI is InChI=1S/C15H27N3O2/c1-6-7-16-12(8-11(2)3)9-13-17-14(19-4)10-15(18-13)20-5/h10-12,16H,6-9H2,1-5H3. The number of nitrogens with zero attached hydrogens (tertiary/aromatic N) is 2. The molecule has 1 unspecified atom stereocenters. The Morgan fingerprint density at radius 2 is 1.75 bits per heavy atom. The number of ether oxygens (including phenoxy) is 2. The summed E-state index contributed by atoms with van der Waals surface area (Å²) in [6.45, 7) is 7.64. The van der Waals surface area contributed by atoms with Crippen LogP contribution in [0.2, 0.25) is 0 Å². The average molecular weight is 281 g/mol. The number of methoxy groups -OCH3 is 2. The van der Waals surface area contributed by atoms with Crippen molar-refractivity contribution in [2.75, 3.05) is 20.8 Å². The van der Waals surface area contributed by atoms with Gasteiger partial charge in [0.2, 0.25) is 11.8 Å². The van der Waals surface area contributed by atoms with Gasteiger partial charge in [-0.15, -0.1) is 0 Å². The fourth-order valence-corrected chi connectivity index (χ4v) is 2.13. The zero-order valence-corrected chi connectivity index (χ0v) is 13.3. The van der Waals surface area contributed by atoms with E-state index in [0.717, 1.165) is 31.6 Å². The first-order chi connectivity index (χ1) is 9.58. The SMILES string of the molecule is CCCNC(Cc1nc(OC)cc(OC)n1)CC(C)C. The highest BCUT2D eigenvalue weighted by Gasteiger charge is 2.14. The van der Waals surface area contributed by atoms with Crippen molar-refractivity contribution in [2.24, 2.45) is 5.92 Å². The Bertz CT molecular complexity index is 374. The highest BCUT2D eigenvalue weighted by atomic mass is 16.5. The zero-order valence-electron chi connectivity index (χ0n) is 13.3. The lowest BCUT2D eigenvalue weighted by molar-refractivity contribution is 0.361. The first kappa shape index (κ1) is 16.7. The van der Waals surface area contributed by atoms with E-state index in [0.29, 0.717) is 23.7 Å². The maximum Gasteiger partial charge on any atom is 0.220 e. The molecule has 5 heteroatoms. The van der Waals surface area contributed by atoms with E-state index in [4.69, 9.17) is 9.47 Å². The van der Waals surface area contributed by atoms with Crippen molar-refractivity contribution < 1.29 is 9.47 Å². The predicted octanol–water partition coefficient (Wildman–Crippen LogP) is 2.45. The van der Waals surface area contributed by atoms with Gasteiger partial charge in [0.15, 0.2) is 0 Å². The molecule has 0 aromatic carbocycles. The smallest absolute Gasteiger partial charge is 0.220 e. The molecule has 1 N–H and O–H groups in total. The lowest BCUT2D eigenvalue weighted by atomic mass is 10.0. The lowest BCUT2D eigenvalue weighted by Crippen LogP contribution is -2.33. The summed E-state index contributed by atoms with van der Waals surface area (Å²) in [7, 11) is 3.21. The molecular weight excluding hydrogens is 254 g/mol. The summed E-state index contributed by atoms with van der Waals surface area (Å²) in [5, 5.41) is 3.56. The third kappa shape index (κ3) is 5.74. The quantitative estimate of drug-likeness (QED) is 0.753. The molecule has 0 aliphatic heterocycles. The van der Waals surface area contributed by atoms with E-state index in [9.17, 15) is 0 Å². The highest BCUT2D eigenvalue weighted by Crippen LogP contribution is 2.17. The van der Waals surface area contributed by atoms with E-state index < -0.39 is 0 Å². The molecular formula is C15H27N3O2. The van der Waals surface area contributed by atoms with Crippen LogP contribution in [0.3, 0.4) is 0 Å². The molecule has 20 heavy (non-hydrogen) atoms. The molecule has 5 nitrogen and oxygen atoms in total. The Balaban J connectivity index is 2.79.